The molecule has 0 radical (unpaired) electrons. The number of rotatable bonds is 9. The summed E-state index contributed by atoms with van der Waals surface area (Å²) in [6.07, 6.45) is 1.39. The van der Waals surface area contributed by atoms with Crippen LogP contribution in [-0.2, 0) is 22.0 Å². The summed E-state index contributed by atoms with van der Waals surface area (Å²) in [6, 6.07) is 15.2. The number of ether oxygens (including phenoxy) is 1. The van der Waals surface area contributed by atoms with Crippen LogP contribution in [0.3, 0.4) is 0 Å². The van der Waals surface area contributed by atoms with Crippen LogP contribution in [0, 0.1) is 6.92 Å². The van der Waals surface area contributed by atoms with Gasteiger partial charge in [-0.3, -0.25) is 14.3 Å². The number of aromatic nitrogens is 3. The van der Waals surface area contributed by atoms with Crippen molar-refractivity contribution in [1.29, 1.82) is 0 Å². The van der Waals surface area contributed by atoms with E-state index in [1.54, 1.807) is 16.8 Å². The molecule has 10 nitrogen and oxygen atoms in total. The largest absolute Gasteiger partial charge is 0.444 e. The number of thiazole rings is 1. The molecular weight excluding hydrogens is 564 g/mol. The second kappa shape index (κ2) is 12.8. The van der Waals surface area contributed by atoms with Gasteiger partial charge in [0.25, 0.3) is 5.91 Å². The van der Waals surface area contributed by atoms with Gasteiger partial charge in [0.15, 0.2) is 5.13 Å². The number of aryl methyl sites for hydroxylation is 2. The van der Waals surface area contributed by atoms with Crippen molar-refractivity contribution in [3.8, 4) is 22.5 Å². The number of benzene rings is 2. The van der Waals surface area contributed by atoms with Crippen LogP contribution in [0.25, 0.3) is 22.5 Å². The van der Waals surface area contributed by atoms with Crippen molar-refractivity contribution in [2.75, 3.05) is 18.4 Å². The Bertz CT molecular complexity index is 1630. The summed E-state index contributed by atoms with van der Waals surface area (Å²) in [5, 5.41) is 15.0. The third-order valence-corrected chi connectivity index (χ3v) is 7.39. The first-order valence-corrected chi connectivity index (χ1v) is 14.8. The minimum Gasteiger partial charge on any atom is -0.444 e. The molecule has 3 amide bonds. The Labute approximate surface area is 255 Å². The third-order valence-electron chi connectivity index (χ3n) is 6.63. The van der Waals surface area contributed by atoms with Gasteiger partial charge in [-0.05, 0) is 63.1 Å². The second-order valence-corrected chi connectivity index (χ2v) is 12.9. The van der Waals surface area contributed by atoms with Crippen molar-refractivity contribution in [3.05, 3.63) is 76.8 Å². The highest BCUT2D eigenvalue weighted by Gasteiger charge is 2.26. The summed E-state index contributed by atoms with van der Waals surface area (Å²) >= 11 is 1.31. The Hall–Kier alpha value is -4.51. The Kier molecular flexibility index (Phi) is 9.34. The average Bonchev–Trinajstić information content (AvgIpc) is 3.59. The van der Waals surface area contributed by atoms with Crippen LogP contribution in [0.15, 0.2) is 60.1 Å². The smallest absolute Gasteiger partial charge is 0.407 e. The SMILES string of the molecule is Cc1ccc(C(=O)NCC(=O)Nc2nc(-c3cccc(-c4ccn(C)n4)c3)cs2)cc1C(C)(C)CNC(=O)OC(C)(C)C. The molecule has 0 unspecified atom stereocenters. The molecular formula is C32H38N6O4S. The summed E-state index contributed by atoms with van der Waals surface area (Å²) in [5.41, 5.74) is 4.72. The molecule has 226 valence electrons. The van der Waals surface area contributed by atoms with Crippen LogP contribution >= 0.6 is 11.3 Å². The van der Waals surface area contributed by atoms with Gasteiger partial charge in [-0.25, -0.2) is 9.78 Å². The minimum absolute atomic E-state index is 0.213. The van der Waals surface area contributed by atoms with E-state index >= 15 is 0 Å². The quantitative estimate of drug-likeness (QED) is 0.226. The van der Waals surface area contributed by atoms with Crippen molar-refractivity contribution in [2.45, 2.75) is 52.6 Å². The predicted octanol–water partition coefficient (Wildman–Crippen LogP) is 5.69. The number of anilines is 1. The van der Waals surface area contributed by atoms with Crippen molar-refractivity contribution in [2.24, 2.45) is 7.05 Å². The van der Waals surface area contributed by atoms with Crippen LogP contribution < -0.4 is 16.0 Å². The number of nitrogens with one attached hydrogen (secondary N) is 3. The van der Waals surface area contributed by atoms with E-state index in [-0.39, 0.29) is 18.4 Å². The number of carbonyl (C=O) groups excluding carboxylic acids is 3. The van der Waals surface area contributed by atoms with Crippen LogP contribution in [0.1, 0.15) is 56.1 Å². The maximum absolute atomic E-state index is 13.0. The molecule has 2 aromatic carbocycles. The first-order chi connectivity index (χ1) is 20.2. The fourth-order valence-corrected chi connectivity index (χ4v) is 5.23. The van der Waals surface area contributed by atoms with E-state index in [4.69, 9.17) is 4.74 Å². The maximum atomic E-state index is 13.0. The van der Waals surface area contributed by atoms with Crippen molar-refractivity contribution >= 4 is 34.4 Å². The molecule has 11 heteroatoms. The summed E-state index contributed by atoms with van der Waals surface area (Å²) < 4.78 is 7.10. The van der Waals surface area contributed by atoms with Gasteiger partial charge in [-0.15, -0.1) is 11.3 Å². The van der Waals surface area contributed by atoms with E-state index in [2.05, 4.69) is 26.0 Å². The normalized spacial score (nSPS) is 11.6. The van der Waals surface area contributed by atoms with Crippen LogP contribution in [0.4, 0.5) is 9.93 Å². The molecule has 0 bridgehead atoms. The molecule has 0 aliphatic heterocycles. The lowest BCUT2D eigenvalue weighted by atomic mass is 9.81. The predicted molar refractivity (Wildman–Crippen MR) is 169 cm³/mol. The van der Waals surface area contributed by atoms with E-state index in [0.717, 1.165) is 33.6 Å². The van der Waals surface area contributed by atoms with Crippen LogP contribution in [0.5, 0.6) is 0 Å². The average molecular weight is 603 g/mol. The lowest BCUT2D eigenvalue weighted by Crippen LogP contribution is -2.40. The second-order valence-electron chi connectivity index (χ2n) is 12.0. The number of hydrogen-bond acceptors (Lipinski definition) is 7. The summed E-state index contributed by atoms with van der Waals surface area (Å²) in [6.45, 7) is 11.5. The standard InChI is InChI=1S/C32H38N6O4S/c1-20-11-12-23(16-24(20)32(5,6)19-34-30(41)42-31(2,3)4)28(40)33-17-27(39)36-29-35-26(18-43-29)22-10-8-9-21(15-22)25-13-14-38(7)37-25/h8-16,18H,17,19H2,1-7H3,(H,33,40)(H,34,41)(H,35,36,39). The highest BCUT2D eigenvalue weighted by Crippen LogP contribution is 2.29. The zero-order valence-corrected chi connectivity index (χ0v) is 26.4. The molecule has 4 rings (SSSR count). The Balaban J connectivity index is 1.34. The Morgan fingerprint density at radius 1 is 0.953 bits per heavy atom. The molecule has 0 saturated carbocycles. The first kappa shape index (κ1) is 31.4. The van der Waals surface area contributed by atoms with Gasteiger partial charge in [0.1, 0.15) is 5.60 Å². The molecule has 2 heterocycles. The van der Waals surface area contributed by atoms with Crippen LogP contribution in [-0.4, -0.2) is 51.4 Å². The molecule has 0 spiro atoms. The number of nitrogens with zero attached hydrogens (tertiary/aromatic N) is 3. The number of alkyl carbamates (subject to hydrolysis) is 1. The summed E-state index contributed by atoms with van der Waals surface area (Å²) in [5.74, 6) is -0.760. The molecule has 0 aliphatic carbocycles. The maximum Gasteiger partial charge on any atom is 0.407 e. The monoisotopic (exact) mass is 602 g/mol. The van der Waals surface area contributed by atoms with E-state index in [1.807, 2.05) is 96.6 Å². The zero-order chi connectivity index (χ0) is 31.4. The van der Waals surface area contributed by atoms with E-state index in [9.17, 15) is 14.4 Å². The van der Waals surface area contributed by atoms with Gasteiger partial charge >= 0.3 is 6.09 Å². The fourth-order valence-electron chi connectivity index (χ4n) is 4.49. The summed E-state index contributed by atoms with van der Waals surface area (Å²) in [4.78, 5) is 42.3. The molecule has 2 aromatic heterocycles. The van der Waals surface area contributed by atoms with Gasteiger partial charge in [0.05, 0.1) is 17.9 Å². The fraction of sp³-hybridized carbons (Fsp3) is 0.344. The number of carbonyl (C=O) groups is 3. The Morgan fingerprint density at radius 2 is 1.67 bits per heavy atom. The zero-order valence-electron chi connectivity index (χ0n) is 25.6. The van der Waals surface area contributed by atoms with Crippen molar-refractivity contribution in [1.82, 2.24) is 25.4 Å². The highest BCUT2D eigenvalue weighted by molar-refractivity contribution is 7.14. The van der Waals surface area contributed by atoms with Crippen molar-refractivity contribution < 1.29 is 19.1 Å². The topological polar surface area (TPSA) is 127 Å². The molecule has 0 fully saturated rings. The van der Waals surface area contributed by atoms with E-state index in [0.29, 0.717) is 17.2 Å². The van der Waals surface area contributed by atoms with Gasteiger partial charge in [-0.2, -0.15) is 5.10 Å². The van der Waals surface area contributed by atoms with Crippen LogP contribution in [0.2, 0.25) is 0 Å². The van der Waals surface area contributed by atoms with E-state index in [1.165, 1.54) is 11.3 Å². The van der Waals surface area contributed by atoms with Crippen molar-refractivity contribution in [3.63, 3.8) is 0 Å². The summed E-state index contributed by atoms with van der Waals surface area (Å²) in [7, 11) is 1.87. The van der Waals surface area contributed by atoms with Gasteiger partial charge in [0, 0.05) is 47.3 Å². The molecule has 0 atom stereocenters. The lowest BCUT2D eigenvalue weighted by Gasteiger charge is -2.29. The highest BCUT2D eigenvalue weighted by atomic mass is 32.1. The molecule has 4 aromatic rings. The Morgan fingerprint density at radius 3 is 2.35 bits per heavy atom. The minimum atomic E-state index is -0.595. The lowest BCUT2D eigenvalue weighted by molar-refractivity contribution is -0.115. The first-order valence-electron chi connectivity index (χ1n) is 13.9. The number of hydrogen-bond donors (Lipinski definition) is 3. The van der Waals surface area contributed by atoms with Gasteiger partial charge in [-0.1, -0.05) is 38.1 Å². The van der Waals surface area contributed by atoms with E-state index < -0.39 is 17.1 Å². The van der Waals surface area contributed by atoms with Gasteiger partial charge < -0.3 is 20.7 Å². The molecule has 0 saturated heterocycles. The third kappa shape index (κ3) is 8.51. The number of amides is 3. The molecule has 0 aliphatic rings. The molecule has 43 heavy (non-hydrogen) atoms. The van der Waals surface area contributed by atoms with Gasteiger partial charge in [0.2, 0.25) is 5.91 Å². The molecule has 3 N–H and O–H groups in total.